The van der Waals surface area contributed by atoms with Gasteiger partial charge in [-0.15, -0.1) is 29.2 Å². The van der Waals surface area contributed by atoms with Gasteiger partial charge in [-0.25, -0.2) is 8.78 Å². The predicted octanol–water partition coefficient (Wildman–Crippen LogP) is 21.9. The van der Waals surface area contributed by atoms with Gasteiger partial charge in [0.25, 0.3) is 0 Å². The molecule has 16 aromatic carbocycles. The molecule has 0 bridgehead atoms. The first kappa shape index (κ1) is 112. The van der Waals surface area contributed by atoms with Gasteiger partial charge in [0.05, 0.1) is 6.26 Å². The van der Waals surface area contributed by atoms with Crippen LogP contribution in [0.5, 0.6) is 5.75 Å². The summed E-state index contributed by atoms with van der Waals surface area (Å²) in [5.41, 5.74) is 75.3. The Hall–Kier alpha value is -11.8. The lowest BCUT2D eigenvalue weighted by molar-refractivity contribution is 0.475. The van der Waals surface area contributed by atoms with Gasteiger partial charge in [0.15, 0.2) is 0 Å². The van der Waals surface area contributed by atoms with E-state index in [1.165, 1.54) is 126 Å². The van der Waals surface area contributed by atoms with Crippen LogP contribution in [0.2, 0.25) is 0 Å². The van der Waals surface area contributed by atoms with Crippen molar-refractivity contribution in [3.05, 3.63) is 472 Å². The molecule has 692 valence electrons. The molecule has 2 heterocycles. The quantitative estimate of drug-likeness (QED) is 0.0250. The summed E-state index contributed by atoms with van der Waals surface area (Å²) in [6.45, 7) is 7.01. The first-order valence-electron chi connectivity index (χ1n) is 44.7. The van der Waals surface area contributed by atoms with Crippen molar-refractivity contribution >= 4 is 110 Å². The third kappa shape index (κ3) is 44.5. The number of phenols is 1. The zero-order chi connectivity index (χ0) is 97.2. The number of para-hydroxylation sites is 1. The number of benzene rings is 16. The average Bonchev–Trinajstić information content (AvgIpc) is 1.86. The van der Waals surface area contributed by atoms with Gasteiger partial charge in [0, 0.05) is 44.6 Å². The molecule has 0 saturated carbocycles. The number of phenolic OH excluding ortho intramolecular Hbond substituents is 1. The van der Waals surface area contributed by atoms with Crippen molar-refractivity contribution in [2.24, 2.45) is 63.1 Å². The normalized spacial score (nSPS) is 9.85. The van der Waals surface area contributed by atoms with Crippen LogP contribution in [0.4, 0.5) is 13.1 Å². The van der Waals surface area contributed by atoms with Crippen molar-refractivity contribution in [3.63, 3.8) is 0 Å². The Bertz CT molecular complexity index is 5840. The monoisotopic (exact) mass is 1840 g/mol. The highest BCUT2D eigenvalue weighted by Gasteiger charge is 2.05. The Balaban J connectivity index is 0.000000305. The van der Waals surface area contributed by atoms with Gasteiger partial charge in [-0.05, 0) is 262 Å². The predicted molar refractivity (Wildman–Crippen MR) is 578 cm³/mol. The molecule has 0 aliphatic rings. The molecule has 2 aromatic heterocycles. The Morgan fingerprint density at radius 1 is 0.293 bits per heavy atom. The van der Waals surface area contributed by atoms with Crippen LogP contribution in [-0.4, -0.2) is 68.8 Å². The lowest BCUT2D eigenvalue weighted by Crippen LogP contribution is -2.02. The highest BCUT2D eigenvalue weighted by Crippen LogP contribution is 2.27. The molecular formula is C112H134B2F3N11O2P2S. The smallest absolute Gasteiger partial charge is 0.350 e. The number of hydrogen-bond acceptors (Lipinski definition) is 14. The third-order valence-electron chi connectivity index (χ3n) is 20.0. The molecule has 0 aliphatic heterocycles. The molecule has 0 fully saturated rings. The summed E-state index contributed by atoms with van der Waals surface area (Å²) in [6.07, 6.45) is 9.65. The molecule has 2 atom stereocenters. The van der Waals surface area contributed by atoms with Crippen LogP contribution >= 0.6 is 29.2 Å². The Labute approximate surface area is 799 Å². The highest BCUT2D eigenvalue weighted by atomic mass is 32.1. The Morgan fingerprint density at radius 3 is 1.11 bits per heavy atom. The number of furan rings is 1. The lowest BCUT2D eigenvalue weighted by atomic mass is 10.0. The molecule has 0 amide bonds. The molecule has 23 N–H and O–H groups in total. The van der Waals surface area contributed by atoms with Crippen LogP contribution in [-0.2, 0) is 77.8 Å². The van der Waals surface area contributed by atoms with E-state index in [-0.39, 0.29) is 12.5 Å². The van der Waals surface area contributed by atoms with Gasteiger partial charge in [0.2, 0.25) is 0 Å². The topological polar surface area (TPSA) is 320 Å². The zero-order valence-electron chi connectivity index (χ0n) is 77.3. The second-order valence-electron chi connectivity index (χ2n) is 29.5. The van der Waals surface area contributed by atoms with Gasteiger partial charge >= 0.3 is 8.12 Å². The first-order valence-corrected chi connectivity index (χ1v) is 47.7. The SMILES string of the molecule is FCc1ccccc1.NCCCc1ccccc1.NCCc1ccc(O)cc1.NCCc1ccc2ccccc2c1.NCCc1cccc2ccccc12.NCCc1ccccc1.NCCc1coc2ccccc12.NCCc1csc2ccccc12.NCc1ccc(F)cc1.NCc1ccc2ccccc2c1.NCc1cccc2ccccc12.NCc1ccccc1.PP.[3H][B].[B]F. The average molecular weight is 1840 g/mol. The molecular weight excluding hydrogens is 1700 g/mol. The number of aryl methyl sites for hydroxylation is 1. The van der Waals surface area contributed by atoms with Crippen molar-refractivity contribution in [2.45, 2.75) is 84.2 Å². The number of alkyl halides is 1. The van der Waals surface area contributed by atoms with Gasteiger partial charge in [0.1, 0.15) is 23.8 Å². The van der Waals surface area contributed by atoms with Gasteiger partial charge in [-0.1, -0.05) is 346 Å². The van der Waals surface area contributed by atoms with Gasteiger partial charge in [-0.2, -0.15) is 0 Å². The second-order valence-corrected chi connectivity index (χ2v) is 30.4. The van der Waals surface area contributed by atoms with Crippen LogP contribution in [0.25, 0.3) is 64.1 Å². The summed E-state index contributed by atoms with van der Waals surface area (Å²) in [4.78, 5) is 0. The molecule has 0 saturated heterocycles. The molecule has 18 aromatic rings. The van der Waals surface area contributed by atoms with Crippen LogP contribution in [0.15, 0.2) is 404 Å². The Morgan fingerprint density at radius 2 is 0.639 bits per heavy atom. The minimum absolute atomic E-state index is 0.216. The number of halogens is 3. The van der Waals surface area contributed by atoms with E-state index in [0.717, 1.165) is 94.3 Å². The van der Waals surface area contributed by atoms with E-state index in [2.05, 4.69) is 246 Å². The van der Waals surface area contributed by atoms with Crippen molar-refractivity contribution in [2.75, 3.05) is 45.8 Å². The maximum atomic E-state index is 12.2. The summed E-state index contributed by atoms with van der Waals surface area (Å²) in [5, 5.41) is 23.9. The number of hydrogen-bond donors (Lipinski definition) is 12. The maximum absolute atomic E-state index is 12.2. The minimum atomic E-state index is -0.360. The molecule has 133 heavy (non-hydrogen) atoms. The van der Waals surface area contributed by atoms with E-state index in [1.807, 2.05) is 133 Å². The fourth-order valence-electron chi connectivity index (χ4n) is 13.2. The number of rotatable bonds is 20. The summed E-state index contributed by atoms with van der Waals surface area (Å²) in [5.74, 6) is 0.0907. The van der Waals surface area contributed by atoms with Gasteiger partial charge < -0.3 is 76.9 Å². The number of aromatic hydroxyl groups is 1. The summed E-state index contributed by atoms with van der Waals surface area (Å²) >= 11 is 1.80. The van der Waals surface area contributed by atoms with Crippen molar-refractivity contribution < 1.29 is 22.6 Å². The van der Waals surface area contributed by atoms with E-state index < -0.39 is 0 Å². The number of nitrogens with two attached hydrogens (primary N) is 11. The van der Waals surface area contributed by atoms with Crippen LogP contribution in [0, 0.1) is 5.82 Å². The van der Waals surface area contributed by atoms with E-state index in [4.69, 9.17) is 78.2 Å². The third-order valence-corrected chi connectivity index (χ3v) is 21.0. The molecule has 13 nitrogen and oxygen atoms in total. The molecule has 18 rings (SSSR count). The standard InChI is InChI=1S/2C12H13N.2C11H11N.C10H11NO.C10H11NS.C9H13N.C8H11NO.C8H11N.C7H8FN.C7H7F.C7H9N.BF.BH.H4P2/c13-9-8-11-6-3-5-10-4-1-2-7-12(10)11;13-8-7-10-5-6-11-3-1-2-4-12(11)9-10;12-8-10-6-3-5-9-4-1-2-7-11(9)10;12-8-9-5-6-10-3-1-2-4-11(10)7-9;2*11-6-5-8-7-12-10-4-2-1-3-9(8)10;10-8-4-7-9-5-2-1-3-6-9;9-6-5-7-1-3-8(10)4-2-7;9-7-6-8-4-2-1-3-5-8;8-7-3-1-6(5-9)2-4-7;2*8-6-7-4-2-1-3-5-7;1-2;;1-2/h1-7H,8-9,13H2;1-6,9H,7-8,13H2;2*1-7H,8,12H2;2*1-4,7H,5-6,11H2;1-3,5-6H,4,7-8,10H2;1-4,10H,5-6,9H2;1-5H,6-7,9H2;1-4H,5,9H2;1-5H,6H2;1-5H,6,8H2;;1H;1-2H2/i;;;;;;;;;;;;;1T;. The summed E-state index contributed by atoms with van der Waals surface area (Å²) in [7, 11) is 11.4. The van der Waals surface area contributed by atoms with Crippen LogP contribution in [0.3, 0.4) is 0 Å². The fourth-order valence-corrected chi connectivity index (χ4v) is 14.2. The van der Waals surface area contributed by atoms with Crippen LogP contribution in [0.1, 0.15) is 73.2 Å². The molecule has 0 spiro atoms. The maximum Gasteiger partial charge on any atom is 0.350 e. The minimum Gasteiger partial charge on any atom is -0.508 e. The zero-order valence-corrected chi connectivity index (χ0v) is 79.4. The van der Waals surface area contributed by atoms with E-state index in [9.17, 15) is 8.78 Å². The van der Waals surface area contributed by atoms with Gasteiger partial charge in [-0.3, -0.25) is 0 Å². The van der Waals surface area contributed by atoms with E-state index in [1.54, 1.807) is 54.0 Å². The summed E-state index contributed by atoms with van der Waals surface area (Å²) < 4.78 is 44.9. The van der Waals surface area contributed by atoms with Crippen LogP contribution < -0.4 is 63.1 Å². The van der Waals surface area contributed by atoms with Crippen molar-refractivity contribution in [3.8, 4) is 5.75 Å². The van der Waals surface area contributed by atoms with E-state index in [0.29, 0.717) is 51.6 Å². The molecule has 2 unspecified atom stereocenters. The largest absolute Gasteiger partial charge is 0.508 e. The number of thiophene rings is 1. The van der Waals surface area contributed by atoms with Crippen molar-refractivity contribution in [1.29, 1.82) is 1.34 Å². The highest BCUT2D eigenvalue weighted by molar-refractivity contribution is 7.92. The Kier molecular flexibility index (Phi) is 60.3. The molecule has 21 heteroatoms. The second kappa shape index (κ2) is 71.8. The van der Waals surface area contributed by atoms with E-state index >= 15 is 0 Å². The molecule has 0 aliphatic carbocycles. The summed E-state index contributed by atoms with van der Waals surface area (Å²) in [6, 6.07) is 128. The first-order chi connectivity index (χ1) is 65.8. The number of fused-ring (bicyclic) bond motifs is 6. The lowest BCUT2D eigenvalue weighted by Gasteiger charge is -2.03. The fraction of sp³-hybridized carbons (Fsp3) is 0.179. The molecule has 4 radical (unpaired) electrons. The van der Waals surface area contributed by atoms with Crippen molar-refractivity contribution in [1.82, 2.24) is 0 Å².